The number of hydrogen-bond acceptors (Lipinski definition) is 2. The van der Waals surface area contributed by atoms with Gasteiger partial charge >= 0.3 is 12.1 Å². The molecular weight excluding hydrogens is 386 g/mol. The monoisotopic (exact) mass is 411 g/mol. The number of anilines is 2. The van der Waals surface area contributed by atoms with Crippen molar-refractivity contribution in [3.63, 3.8) is 0 Å². The van der Waals surface area contributed by atoms with Crippen LogP contribution in [0.4, 0.5) is 21.0 Å². The molecule has 1 saturated heterocycles. The predicted molar refractivity (Wildman–Crippen MR) is 125 cm³/mol. The van der Waals surface area contributed by atoms with Crippen molar-refractivity contribution in [3.8, 4) is 0 Å². The van der Waals surface area contributed by atoms with Gasteiger partial charge in [-0.15, -0.1) is 0 Å². The summed E-state index contributed by atoms with van der Waals surface area (Å²) in [6.45, 7) is 3.99. The molecule has 1 N–H and O–H groups in total. The first kappa shape index (κ1) is 20.4. The molecule has 4 rings (SSSR count). The summed E-state index contributed by atoms with van der Waals surface area (Å²) in [5.74, 6) is -0.0986. The van der Waals surface area contributed by atoms with Gasteiger partial charge in [-0.2, -0.15) is 0 Å². The highest BCUT2D eigenvalue weighted by molar-refractivity contribution is 6.22. The van der Waals surface area contributed by atoms with Gasteiger partial charge in [0.1, 0.15) is 5.66 Å². The van der Waals surface area contributed by atoms with E-state index in [1.165, 1.54) is 4.90 Å². The summed E-state index contributed by atoms with van der Waals surface area (Å²) >= 11 is 0. The first-order valence-corrected chi connectivity index (χ1v) is 10.3. The van der Waals surface area contributed by atoms with E-state index in [2.05, 4.69) is 5.32 Å². The molecule has 1 atom stereocenters. The van der Waals surface area contributed by atoms with E-state index in [0.717, 1.165) is 5.56 Å². The van der Waals surface area contributed by atoms with Crippen LogP contribution < -0.4 is 15.1 Å². The van der Waals surface area contributed by atoms with Crippen LogP contribution in [-0.2, 0) is 0 Å². The van der Waals surface area contributed by atoms with E-state index in [1.807, 2.05) is 105 Å². The van der Waals surface area contributed by atoms with Gasteiger partial charge in [-0.05, 0) is 41.8 Å². The van der Waals surface area contributed by atoms with Crippen LogP contribution in [0.5, 0.6) is 0 Å². The fourth-order valence-corrected chi connectivity index (χ4v) is 3.83. The summed E-state index contributed by atoms with van der Waals surface area (Å²) in [5, 5.41) is 3.13. The Morgan fingerprint density at radius 3 is 1.84 bits per heavy atom. The fraction of sp³-hybridized carbons (Fsp3) is 0.154. The zero-order valence-electron chi connectivity index (χ0n) is 17.6. The largest absolute Gasteiger partial charge is 0.339 e. The lowest BCUT2D eigenvalue weighted by atomic mass is 9.90. The average Bonchev–Trinajstić information content (AvgIpc) is 2.79. The summed E-state index contributed by atoms with van der Waals surface area (Å²) in [7, 11) is 0. The molecule has 1 fully saturated rings. The maximum Gasteiger partial charge on any atom is 0.339 e. The number of hydrogen-bond donors (Lipinski definition) is 1. The van der Waals surface area contributed by atoms with Crippen LogP contribution in [0.3, 0.4) is 0 Å². The minimum absolute atomic E-state index is 0.0986. The molecule has 0 radical (unpaired) electrons. The Balaban J connectivity index is 1.86. The molecule has 5 heteroatoms. The summed E-state index contributed by atoms with van der Waals surface area (Å²) in [6, 6.07) is 27.4. The number of nitrogens with one attached hydrogen (secondary N) is 1. The molecule has 1 heterocycles. The molecule has 3 aromatic rings. The van der Waals surface area contributed by atoms with Crippen LogP contribution >= 0.6 is 0 Å². The lowest BCUT2D eigenvalue weighted by Gasteiger charge is -2.50. The quantitative estimate of drug-likeness (QED) is 0.567. The van der Waals surface area contributed by atoms with Gasteiger partial charge in [0.05, 0.1) is 5.69 Å². The maximum atomic E-state index is 13.8. The van der Waals surface area contributed by atoms with Crippen LogP contribution in [0, 0.1) is 5.92 Å². The molecular formula is C26H25N3O2. The molecule has 0 aromatic heterocycles. The zero-order valence-corrected chi connectivity index (χ0v) is 17.6. The first-order valence-electron chi connectivity index (χ1n) is 10.3. The Morgan fingerprint density at radius 1 is 0.774 bits per heavy atom. The van der Waals surface area contributed by atoms with E-state index in [-0.39, 0.29) is 5.92 Å². The minimum Gasteiger partial charge on any atom is -0.310 e. The van der Waals surface area contributed by atoms with Gasteiger partial charge in [0, 0.05) is 5.69 Å². The van der Waals surface area contributed by atoms with Crippen molar-refractivity contribution in [2.45, 2.75) is 19.5 Å². The highest BCUT2D eigenvalue weighted by Gasteiger charge is 2.50. The Hall–Kier alpha value is -3.86. The number of carbonyl (C=O) groups excluding carboxylic acids is 2. The fourth-order valence-electron chi connectivity index (χ4n) is 3.83. The predicted octanol–water partition coefficient (Wildman–Crippen LogP) is 5.91. The standard InChI is InChI=1S/C26H25N3O2/c1-20(2)26(19-18-21-12-6-3-7-13-21)27-24(30)28(22-14-8-4-9-15-22)25(31)29(26)23-16-10-5-11-17-23/h3-20H,1-2H3,(H,27,30)/b19-18+. The van der Waals surface area contributed by atoms with Crippen molar-refractivity contribution in [1.82, 2.24) is 5.32 Å². The van der Waals surface area contributed by atoms with Crippen LogP contribution in [-0.4, -0.2) is 17.7 Å². The Labute approximate surface area is 182 Å². The SMILES string of the molecule is CC(C)C1(/C=C/c2ccccc2)NC(=O)N(c2ccccc2)C(=O)N1c1ccccc1. The summed E-state index contributed by atoms with van der Waals surface area (Å²) in [6.07, 6.45) is 3.86. The summed E-state index contributed by atoms with van der Waals surface area (Å²) < 4.78 is 0. The van der Waals surface area contributed by atoms with Gasteiger partial charge in [0.25, 0.3) is 0 Å². The molecule has 0 spiro atoms. The van der Waals surface area contributed by atoms with Crippen molar-refractivity contribution in [3.05, 3.63) is 103 Å². The van der Waals surface area contributed by atoms with Gasteiger partial charge in [-0.1, -0.05) is 86.7 Å². The molecule has 0 saturated carbocycles. The van der Waals surface area contributed by atoms with E-state index >= 15 is 0 Å². The normalized spacial score (nSPS) is 19.2. The molecule has 1 unspecified atom stereocenters. The van der Waals surface area contributed by atoms with Gasteiger partial charge < -0.3 is 5.32 Å². The second kappa shape index (κ2) is 8.48. The lowest BCUT2D eigenvalue weighted by Crippen LogP contribution is -2.74. The molecule has 3 aromatic carbocycles. The molecule has 5 nitrogen and oxygen atoms in total. The van der Waals surface area contributed by atoms with Crippen molar-refractivity contribution in [1.29, 1.82) is 0 Å². The van der Waals surface area contributed by atoms with E-state index in [0.29, 0.717) is 11.4 Å². The third-order valence-electron chi connectivity index (χ3n) is 5.50. The van der Waals surface area contributed by atoms with Crippen molar-refractivity contribution < 1.29 is 9.59 Å². The Kier molecular flexibility index (Phi) is 5.58. The van der Waals surface area contributed by atoms with Gasteiger partial charge in [0.15, 0.2) is 0 Å². The number of urea groups is 2. The third kappa shape index (κ3) is 3.82. The number of imide groups is 1. The summed E-state index contributed by atoms with van der Waals surface area (Å²) in [5.41, 5.74) is 1.19. The van der Waals surface area contributed by atoms with Gasteiger partial charge in [-0.25, -0.2) is 14.5 Å². The van der Waals surface area contributed by atoms with E-state index in [1.54, 1.807) is 17.0 Å². The van der Waals surface area contributed by atoms with E-state index < -0.39 is 17.7 Å². The van der Waals surface area contributed by atoms with Crippen molar-refractivity contribution in [2.75, 3.05) is 9.80 Å². The molecule has 0 aliphatic carbocycles. The molecule has 156 valence electrons. The van der Waals surface area contributed by atoms with Crippen LogP contribution in [0.2, 0.25) is 0 Å². The molecule has 31 heavy (non-hydrogen) atoms. The molecule has 1 aliphatic heterocycles. The highest BCUT2D eigenvalue weighted by Crippen LogP contribution is 2.36. The van der Waals surface area contributed by atoms with Crippen LogP contribution in [0.1, 0.15) is 19.4 Å². The number of nitrogens with zero attached hydrogens (tertiary/aromatic N) is 2. The number of carbonyl (C=O) groups is 2. The summed E-state index contributed by atoms with van der Waals surface area (Å²) in [4.78, 5) is 29.9. The Bertz CT molecular complexity index is 1080. The van der Waals surface area contributed by atoms with Crippen LogP contribution in [0.25, 0.3) is 6.08 Å². The molecule has 4 amide bonds. The Morgan fingerprint density at radius 2 is 1.29 bits per heavy atom. The third-order valence-corrected chi connectivity index (χ3v) is 5.50. The highest BCUT2D eigenvalue weighted by atomic mass is 16.2. The second-order valence-corrected chi connectivity index (χ2v) is 7.78. The smallest absolute Gasteiger partial charge is 0.310 e. The maximum absolute atomic E-state index is 13.8. The van der Waals surface area contributed by atoms with Crippen molar-refractivity contribution >= 4 is 29.5 Å². The van der Waals surface area contributed by atoms with Gasteiger partial charge in [-0.3, -0.25) is 4.90 Å². The van der Waals surface area contributed by atoms with Crippen LogP contribution in [0.15, 0.2) is 97.1 Å². The lowest BCUT2D eigenvalue weighted by molar-refractivity contribution is 0.203. The number of rotatable bonds is 5. The topological polar surface area (TPSA) is 52.7 Å². The number of para-hydroxylation sites is 2. The number of amides is 4. The zero-order chi connectivity index (χ0) is 21.8. The number of benzene rings is 3. The first-order chi connectivity index (χ1) is 15.0. The molecule has 0 bridgehead atoms. The van der Waals surface area contributed by atoms with E-state index in [4.69, 9.17) is 0 Å². The van der Waals surface area contributed by atoms with Gasteiger partial charge in [0.2, 0.25) is 0 Å². The second-order valence-electron chi connectivity index (χ2n) is 7.78. The average molecular weight is 412 g/mol. The van der Waals surface area contributed by atoms with E-state index in [9.17, 15) is 9.59 Å². The molecule has 1 aliphatic rings. The van der Waals surface area contributed by atoms with Crippen molar-refractivity contribution in [2.24, 2.45) is 5.92 Å². The minimum atomic E-state index is -1.03.